The Balaban J connectivity index is 1.55. The summed E-state index contributed by atoms with van der Waals surface area (Å²) in [7, 11) is 0. The van der Waals surface area contributed by atoms with E-state index in [1.54, 1.807) is 6.07 Å². The van der Waals surface area contributed by atoms with Crippen molar-refractivity contribution in [3.05, 3.63) is 69.9 Å². The van der Waals surface area contributed by atoms with E-state index in [0.717, 1.165) is 24.0 Å². The molecule has 0 saturated carbocycles. The van der Waals surface area contributed by atoms with Gasteiger partial charge in [-0.2, -0.15) is 0 Å². The number of benzene rings is 2. The number of carbonyl (C=O) groups is 1. The lowest BCUT2D eigenvalue weighted by Crippen LogP contribution is -2.38. The van der Waals surface area contributed by atoms with Gasteiger partial charge in [-0.25, -0.2) is 0 Å². The van der Waals surface area contributed by atoms with Gasteiger partial charge in [0.1, 0.15) is 5.58 Å². The highest BCUT2D eigenvalue weighted by molar-refractivity contribution is 6.31. The van der Waals surface area contributed by atoms with Crippen molar-refractivity contribution in [1.82, 2.24) is 10.2 Å². The number of carbonyl (C=O) groups excluding carboxylic acids is 1. The molecule has 0 bridgehead atoms. The Morgan fingerprint density at radius 1 is 1.07 bits per heavy atom. The normalized spacial score (nSPS) is 16.4. The van der Waals surface area contributed by atoms with Gasteiger partial charge in [-0.15, -0.1) is 0 Å². The molecule has 1 N–H and O–H groups in total. The highest BCUT2D eigenvalue weighted by Gasteiger charge is 2.24. The first-order chi connectivity index (χ1) is 14.5. The van der Waals surface area contributed by atoms with E-state index in [4.69, 9.17) is 16.0 Å². The number of furan rings is 1. The third-order valence-corrected chi connectivity index (χ3v) is 6.34. The van der Waals surface area contributed by atoms with Gasteiger partial charge in [0.2, 0.25) is 0 Å². The van der Waals surface area contributed by atoms with Gasteiger partial charge in [-0.1, -0.05) is 54.3 Å². The molecule has 3 aromatic rings. The van der Waals surface area contributed by atoms with E-state index in [1.807, 2.05) is 19.1 Å². The van der Waals surface area contributed by atoms with Crippen molar-refractivity contribution in [2.24, 2.45) is 0 Å². The molecule has 2 aromatic carbocycles. The van der Waals surface area contributed by atoms with E-state index >= 15 is 0 Å². The van der Waals surface area contributed by atoms with Crippen LogP contribution in [0.15, 0.2) is 46.9 Å². The Kier molecular flexibility index (Phi) is 6.45. The zero-order chi connectivity index (χ0) is 21.1. The molecule has 4 rings (SSSR count). The fraction of sp³-hybridized carbons (Fsp3) is 0.400. The van der Waals surface area contributed by atoms with Crippen molar-refractivity contribution in [3.8, 4) is 0 Å². The number of hydrogen-bond acceptors (Lipinski definition) is 3. The molecular formula is C25H29ClN2O2. The van der Waals surface area contributed by atoms with Gasteiger partial charge in [-0.3, -0.25) is 9.69 Å². The summed E-state index contributed by atoms with van der Waals surface area (Å²) in [5, 5.41) is 4.66. The van der Waals surface area contributed by atoms with Crippen LogP contribution in [0.3, 0.4) is 0 Å². The van der Waals surface area contributed by atoms with Crippen molar-refractivity contribution < 1.29 is 9.21 Å². The summed E-state index contributed by atoms with van der Waals surface area (Å²) >= 11 is 6.11. The number of nitrogens with one attached hydrogen (secondary N) is 1. The van der Waals surface area contributed by atoms with Crippen LogP contribution >= 0.6 is 11.6 Å². The summed E-state index contributed by atoms with van der Waals surface area (Å²) in [5.41, 5.74) is 4.00. The third-order valence-electron chi connectivity index (χ3n) is 6.10. The van der Waals surface area contributed by atoms with Crippen LogP contribution in [0.5, 0.6) is 0 Å². The molecular weight excluding hydrogens is 396 g/mol. The Labute approximate surface area is 183 Å². The number of amides is 1. The van der Waals surface area contributed by atoms with Crippen molar-refractivity contribution in [2.45, 2.75) is 45.6 Å². The second-order valence-corrected chi connectivity index (χ2v) is 8.72. The quantitative estimate of drug-likeness (QED) is 0.542. The van der Waals surface area contributed by atoms with E-state index in [0.29, 0.717) is 22.9 Å². The maximum absolute atomic E-state index is 13.0. The fourth-order valence-electron chi connectivity index (χ4n) is 4.33. The van der Waals surface area contributed by atoms with Crippen LogP contribution < -0.4 is 5.32 Å². The molecule has 1 aliphatic heterocycles. The molecule has 30 heavy (non-hydrogen) atoms. The van der Waals surface area contributed by atoms with Crippen LogP contribution in [-0.4, -0.2) is 30.4 Å². The highest BCUT2D eigenvalue weighted by atomic mass is 35.5. The minimum absolute atomic E-state index is 0.159. The number of aryl methyl sites for hydroxylation is 2. The lowest BCUT2D eigenvalue weighted by atomic mass is 10.0. The topological polar surface area (TPSA) is 45.5 Å². The zero-order valence-electron chi connectivity index (χ0n) is 17.7. The van der Waals surface area contributed by atoms with Gasteiger partial charge in [0.15, 0.2) is 5.76 Å². The number of fused-ring (bicyclic) bond motifs is 1. The molecule has 1 amide bonds. The van der Waals surface area contributed by atoms with E-state index in [1.165, 1.54) is 36.8 Å². The Hall–Kier alpha value is -2.30. The molecule has 1 unspecified atom stereocenters. The van der Waals surface area contributed by atoms with Crippen LogP contribution in [0.4, 0.5) is 0 Å². The molecule has 1 saturated heterocycles. The van der Waals surface area contributed by atoms with Gasteiger partial charge in [0.25, 0.3) is 5.91 Å². The van der Waals surface area contributed by atoms with Crippen molar-refractivity contribution >= 4 is 28.5 Å². The van der Waals surface area contributed by atoms with Gasteiger partial charge >= 0.3 is 0 Å². The van der Waals surface area contributed by atoms with Crippen LogP contribution in [0, 0.1) is 13.8 Å². The molecule has 158 valence electrons. The first kappa shape index (κ1) is 21.0. The van der Waals surface area contributed by atoms with E-state index in [-0.39, 0.29) is 11.9 Å². The van der Waals surface area contributed by atoms with E-state index in [2.05, 4.69) is 41.4 Å². The number of rotatable bonds is 5. The Bertz CT molecular complexity index is 1020. The molecule has 4 nitrogen and oxygen atoms in total. The summed E-state index contributed by atoms with van der Waals surface area (Å²) in [6.07, 6.45) is 4.98. The summed E-state index contributed by atoms with van der Waals surface area (Å²) in [6.45, 7) is 6.69. The van der Waals surface area contributed by atoms with Crippen LogP contribution in [0.1, 0.15) is 59.0 Å². The third kappa shape index (κ3) is 4.55. The van der Waals surface area contributed by atoms with Crippen LogP contribution in [0.2, 0.25) is 5.02 Å². The number of nitrogens with zero attached hydrogens (tertiary/aromatic N) is 1. The second kappa shape index (κ2) is 9.23. The molecule has 0 radical (unpaired) electrons. The molecule has 1 fully saturated rings. The van der Waals surface area contributed by atoms with E-state index < -0.39 is 0 Å². The number of halogens is 1. The van der Waals surface area contributed by atoms with Crippen LogP contribution in [-0.2, 0) is 0 Å². The maximum Gasteiger partial charge on any atom is 0.287 e. The lowest BCUT2D eigenvalue weighted by molar-refractivity contribution is 0.0907. The molecule has 1 atom stereocenters. The fourth-order valence-corrected chi connectivity index (χ4v) is 4.50. The van der Waals surface area contributed by atoms with E-state index in [9.17, 15) is 4.79 Å². The number of hydrogen-bond donors (Lipinski definition) is 1. The number of likely N-dealkylation sites (tertiary alicyclic amines) is 1. The summed E-state index contributed by atoms with van der Waals surface area (Å²) in [5.74, 6) is 0.192. The average molecular weight is 425 g/mol. The standard InChI is InChI=1S/C25H29ClN2O2/c1-17-7-9-19(10-8-17)22(28-13-5-3-4-6-14-28)16-27-25(29)24-18(2)21-15-20(26)11-12-23(21)30-24/h7-12,15,22H,3-6,13-14,16H2,1-2H3,(H,27,29). The van der Waals surface area contributed by atoms with Crippen molar-refractivity contribution in [2.75, 3.05) is 19.6 Å². The Morgan fingerprint density at radius 2 is 1.77 bits per heavy atom. The molecule has 1 aromatic heterocycles. The maximum atomic E-state index is 13.0. The highest BCUT2D eigenvalue weighted by Crippen LogP contribution is 2.28. The van der Waals surface area contributed by atoms with Gasteiger partial charge < -0.3 is 9.73 Å². The summed E-state index contributed by atoms with van der Waals surface area (Å²) in [6, 6.07) is 14.3. The van der Waals surface area contributed by atoms with Gasteiger partial charge in [0.05, 0.1) is 6.04 Å². The molecule has 0 spiro atoms. The minimum atomic E-state index is -0.174. The zero-order valence-corrected chi connectivity index (χ0v) is 18.5. The van der Waals surface area contributed by atoms with Crippen molar-refractivity contribution in [3.63, 3.8) is 0 Å². The molecule has 2 heterocycles. The molecule has 1 aliphatic rings. The monoisotopic (exact) mass is 424 g/mol. The van der Waals surface area contributed by atoms with Gasteiger partial charge in [-0.05, 0) is 63.5 Å². The second-order valence-electron chi connectivity index (χ2n) is 8.28. The minimum Gasteiger partial charge on any atom is -0.451 e. The summed E-state index contributed by atoms with van der Waals surface area (Å²) in [4.78, 5) is 15.5. The SMILES string of the molecule is Cc1ccc(C(CNC(=O)c2oc3ccc(Cl)cc3c2C)N2CCCCCC2)cc1. The average Bonchev–Trinajstić information content (AvgIpc) is 2.91. The predicted octanol–water partition coefficient (Wildman–Crippen LogP) is 6.05. The van der Waals surface area contributed by atoms with Crippen LogP contribution in [0.25, 0.3) is 11.0 Å². The van der Waals surface area contributed by atoms with Gasteiger partial charge in [0, 0.05) is 22.5 Å². The lowest BCUT2D eigenvalue weighted by Gasteiger charge is -2.31. The molecule has 0 aliphatic carbocycles. The largest absolute Gasteiger partial charge is 0.451 e. The Morgan fingerprint density at radius 3 is 2.47 bits per heavy atom. The first-order valence-electron chi connectivity index (χ1n) is 10.8. The smallest absolute Gasteiger partial charge is 0.287 e. The van der Waals surface area contributed by atoms with Crippen molar-refractivity contribution in [1.29, 1.82) is 0 Å². The molecule has 5 heteroatoms. The summed E-state index contributed by atoms with van der Waals surface area (Å²) < 4.78 is 5.85. The first-order valence-corrected chi connectivity index (χ1v) is 11.2. The predicted molar refractivity (Wildman–Crippen MR) is 122 cm³/mol.